The minimum absolute atomic E-state index is 0.236. The van der Waals surface area contributed by atoms with E-state index in [2.05, 4.69) is 10.6 Å². The first-order valence-corrected chi connectivity index (χ1v) is 6.33. The van der Waals surface area contributed by atoms with Crippen LogP contribution in [0.1, 0.15) is 30.9 Å². The van der Waals surface area contributed by atoms with Crippen molar-refractivity contribution in [2.75, 3.05) is 0 Å². The maximum atomic E-state index is 11.6. The number of carbonyl (C=O) groups is 2. The molecule has 0 radical (unpaired) electrons. The highest BCUT2D eigenvalue weighted by atomic mass is 16.4. The molecule has 3 N–H and O–H groups in total. The Morgan fingerprint density at radius 3 is 2.80 bits per heavy atom. The molecular weight excluding hydrogens is 258 g/mol. The summed E-state index contributed by atoms with van der Waals surface area (Å²) in [6, 6.07) is 7.44. The molecule has 106 valence electrons. The molecule has 0 saturated heterocycles. The molecule has 0 bridgehead atoms. The lowest BCUT2D eigenvalue weighted by Crippen LogP contribution is -2.45. The van der Waals surface area contributed by atoms with Crippen LogP contribution in [0.4, 0.5) is 4.79 Å². The second kappa shape index (κ2) is 7.79. The summed E-state index contributed by atoms with van der Waals surface area (Å²) in [7, 11) is 0. The molecule has 6 heteroatoms. The summed E-state index contributed by atoms with van der Waals surface area (Å²) in [5.41, 5.74) is 1.29. The number of aliphatic carboxylic acids is 1. The van der Waals surface area contributed by atoms with Crippen LogP contribution in [-0.2, 0) is 11.3 Å². The van der Waals surface area contributed by atoms with Crippen molar-refractivity contribution in [1.29, 1.82) is 5.26 Å². The molecule has 0 aliphatic carbocycles. The molecule has 0 unspecified atom stereocenters. The van der Waals surface area contributed by atoms with Gasteiger partial charge < -0.3 is 15.7 Å². The molecule has 1 rings (SSSR count). The highest BCUT2D eigenvalue weighted by molar-refractivity contribution is 5.82. The molecule has 0 heterocycles. The molecule has 0 spiro atoms. The van der Waals surface area contributed by atoms with Crippen LogP contribution < -0.4 is 10.6 Å². The van der Waals surface area contributed by atoms with Gasteiger partial charge in [0.1, 0.15) is 6.04 Å². The largest absolute Gasteiger partial charge is 0.480 e. The number of rotatable bonds is 6. The van der Waals surface area contributed by atoms with E-state index in [0.29, 0.717) is 18.4 Å². The first-order valence-electron chi connectivity index (χ1n) is 6.33. The average molecular weight is 275 g/mol. The van der Waals surface area contributed by atoms with Crippen LogP contribution >= 0.6 is 0 Å². The van der Waals surface area contributed by atoms with Crippen molar-refractivity contribution in [3.05, 3.63) is 35.4 Å². The van der Waals surface area contributed by atoms with E-state index in [4.69, 9.17) is 10.4 Å². The first kappa shape index (κ1) is 15.5. The number of hydrogen-bond donors (Lipinski definition) is 3. The van der Waals surface area contributed by atoms with Crippen LogP contribution in [0.15, 0.2) is 24.3 Å². The van der Waals surface area contributed by atoms with Gasteiger partial charge >= 0.3 is 12.0 Å². The van der Waals surface area contributed by atoms with E-state index in [-0.39, 0.29) is 6.54 Å². The Morgan fingerprint density at radius 1 is 1.45 bits per heavy atom. The molecule has 0 aliphatic rings. The van der Waals surface area contributed by atoms with Crippen molar-refractivity contribution in [1.82, 2.24) is 10.6 Å². The van der Waals surface area contributed by atoms with E-state index in [1.54, 1.807) is 24.3 Å². The van der Waals surface area contributed by atoms with Gasteiger partial charge in [-0.05, 0) is 24.1 Å². The summed E-state index contributed by atoms with van der Waals surface area (Å²) in [4.78, 5) is 22.5. The van der Waals surface area contributed by atoms with Crippen molar-refractivity contribution in [3.8, 4) is 6.07 Å². The SMILES string of the molecule is CCC[C@H](NC(=O)NCc1cccc(C#N)c1)C(=O)O. The third-order valence-corrected chi connectivity index (χ3v) is 2.69. The quantitative estimate of drug-likeness (QED) is 0.734. The lowest BCUT2D eigenvalue weighted by Gasteiger charge is -2.14. The number of carboxylic acids is 1. The van der Waals surface area contributed by atoms with Crippen molar-refractivity contribution in [2.24, 2.45) is 0 Å². The molecule has 20 heavy (non-hydrogen) atoms. The van der Waals surface area contributed by atoms with Gasteiger partial charge in [0, 0.05) is 6.54 Å². The number of urea groups is 1. The zero-order valence-electron chi connectivity index (χ0n) is 11.2. The van der Waals surface area contributed by atoms with Gasteiger partial charge in [-0.2, -0.15) is 5.26 Å². The summed E-state index contributed by atoms with van der Waals surface area (Å²) < 4.78 is 0. The van der Waals surface area contributed by atoms with Crippen molar-refractivity contribution < 1.29 is 14.7 Å². The number of carboxylic acid groups (broad SMARTS) is 1. The zero-order valence-corrected chi connectivity index (χ0v) is 11.2. The van der Waals surface area contributed by atoms with E-state index >= 15 is 0 Å². The molecule has 1 aromatic carbocycles. The van der Waals surface area contributed by atoms with E-state index in [9.17, 15) is 9.59 Å². The summed E-state index contributed by atoms with van der Waals surface area (Å²) in [5, 5.41) is 22.7. The van der Waals surface area contributed by atoms with Crippen LogP contribution in [0, 0.1) is 11.3 Å². The number of nitrogens with zero attached hydrogens (tertiary/aromatic N) is 1. The second-order valence-corrected chi connectivity index (χ2v) is 4.32. The van der Waals surface area contributed by atoms with Crippen LogP contribution in [0.25, 0.3) is 0 Å². The van der Waals surface area contributed by atoms with E-state index in [1.165, 1.54) is 0 Å². The molecule has 2 amide bonds. The Kier molecular flexibility index (Phi) is 6.04. The van der Waals surface area contributed by atoms with Crippen LogP contribution in [0.5, 0.6) is 0 Å². The zero-order chi connectivity index (χ0) is 15.0. The van der Waals surface area contributed by atoms with Gasteiger partial charge in [-0.15, -0.1) is 0 Å². The number of benzene rings is 1. The fourth-order valence-electron chi connectivity index (χ4n) is 1.69. The molecule has 0 fully saturated rings. The molecule has 0 aliphatic heterocycles. The monoisotopic (exact) mass is 275 g/mol. The number of carbonyl (C=O) groups excluding carboxylic acids is 1. The Bertz CT molecular complexity index is 523. The predicted molar refractivity (Wildman–Crippen MR) is 72.9 cm³/mol. The summed E-state index contributed by atoms with van der Waals surface area (Å²) in [5.74, 6) is -1.05. The third-order valence-electron chi connectivity index (χ3n) is 2.69. The van der Waals surface area contributed by atoms with Crippen LogP contribution in [-0.4, -0.2) is 23.1 Å². The summed E-state index contributed by atoms with van der Waals surface area (Å²) >= 11 is 0. The maximum absolute atomic E-state index is 11.6. The fraction of sp³-hybridized carbons (Fsp3) is 0.357. The smallest absolute Gasteiger partial charge is 0.326 e. The topological polar surface area (TPSA) is 102 Å². The summed E-state index contributed by atoms with van der Waals surface area (Å²) in [6.07, 6.45) is 1.05. The Balaban J connectivity index is 2.50. The average Bonchev–Trinajstić information content (AvgIpc) is 2.44. The fourth-order valence-corrected chi connectivity index (χ4v) is 1.69. The Hall–Kier alpha value is -2.55. The highest BCUT2D eigenvalue weighted by Gasteiger charge is 2.18. The van der Waals surface area contributed by atoms with Gasteiger partial charge in [0.15, 0.2) is 0 Å². The predicted octanol–water partition coefficient (Wildman–Crippen LogP) is 1.61. The lowest BCUT2D eigenvalue weighted by molar-refractivity contribution is -0.139. The third kappa shape index (κ3) is 4.98. The number of hydrogen-bond acceptors (Lipinski definition) is 3. The highest BCUT2D eigenvalue weighted by Crippen LogP contribution is 2.03. The molecule has 6 nitrogen and oxygen atoms in total. The van der Waals surface area contributed by atoms with Gasteiger partial charge in [-0.1, -0.05) is 25.5 Å². The number of amides is 2. The van der Waals surface area contributed by atoms with Crippen molar-refractivity contribution in [3.63, 3.8) is 0 Å². The minimum atomic E-state index is -1.05. The summed E-state index contributed by atoms with van der Waals surface area (Å²) in [6.45, 7) is 2.09. The maximum Gasteiger partial charge on any atom is 0.326 e. The van der Waals surface area contributed by atoms with Gasteiger partial charge in [-0.3, -0.25) is 0 Å². The molecule has 0 aromatic heterocycles. The first-order chi connectivity index (χ1) is 9.56. The molecule has 0 saturated carbocycles. The van der Waals surface area contributed by atoms with Gasteiger partial charge in [0.25, 0.3) is 0 Å². The Labute approximate surface area is 117 Å². The second-order valence-electron chi connectivity index (χ2n) is 4.32. The van der Waals surface area contributed by atoms with E-state index in [1.807, 2.05) is 13.0 Å². The number of nitriles is 1. The normalized spacial score (nSPS) is 11.2. The van der Waals surface area contributed by atoms with Gasteiger partial charge in [0.2, 0.25) is 0 Å². The van der Waals surface area contributed by atoms with E-state index in [0.717, 1.165) is 5.56 Å². The van der Waals surface area contributed by atoms with Crippen LogP contribution in [0.3, 0.4) is 0 Å². The number of nitrogens with one attached hydrogen (secondary N) is 2. The van der Waals surface area contributed by atoms with Crippen molar-refractivity contribution in [2.45, 2.75) is 32.4 Å². The van der Waals surface area contributed by atoms with Gasteiger partial charge in [0.05, 0.1) is 11.6 Å². The lowest BCUT2D eigenvalue weighted by atomic mass is 10.1. The standard InChI is InChI=1S/C14H17N3O3/c1-2-4-12(13(18)19)17-14(20)16-9-11-6-3-5-10(7-11)8-15/h3,5-7,12H,2,4,9H2,1H3,(H,18,19)(H2,16,17,20)/t12-/m0/s1. The minimum Gasteiger partial charge on any atom is -0.480 e. The molecule has 1 atom stereocenters. The Morgan fingerprint density at radius 2 is 2.20 bits per heavy atom. The molecular formula is C14H17N3O3. The van der Waals surface area contributed by atoms with Crippen LogP contribution in [0.2, 0.25) is 0 Å². The van der Waals surface area contributed by atoms with Crippen molar-refractivity contribution >= 4 is 12.0 Å². The van der Waals surface area contributed by atoms with E-state index < -0.39 is 18.0 Å². The molecule has 1 aromatic rings. The van der Waals surface area contributed by atoms with Gasteiger partial charge in [-0.25, -0.2) is 9.59 Å².